The van der Waals surface area contributed by atoms with Crippen LogP contribution in [0.2, 0.25) is 0 Å². The number of benzene rings is 1. The Hall–Kier alpha value is -2.08. The average molecular weight is 305 g/mol. The molecule has 0 fully saturated rings. The van der Waals surface area contributed by atoms with Gasteiger partial charge in [-0.3, -0.25) is 4.40 Å². The highest BCUT2D eigenvalue weighted by Gasteiger charge is 2.06. The lowest BCUT2D eigenvalue weighted by Gasteiger charge is -2.06. The van der Waals surface area contributed by atoms with Crippen molar-refractivity contribution in [1.82, 2.24) is 14.4 Å². The zero-order valence-corrected chi connectivity index (χ0v) is 10.8. The van der Waals surface area contributed by atoms with E-state index in [0.717, 1.165) is 15.9 Å². The van der Waals surface area contributed by atoms with Crippen LogP contribution in [0, 0.1) is 0 Å². The Labute approximate surface area is 111 Å². The fourth-order valence-electron chi connectivity index (χ4n) is 1.66. The first kappa shape index (κ1) is 11.0. The second-order valence-corrected chi connectivity index (χ2v) is 4.53. The van der Waals surface area contributed by atoms with E-state index in [0.29, 0.717) is 5.82 Å². The van der Waals surface area contributed by atoms with Crippen LogP contribution in [0.3, 0.4) is 0 Å². The summed E-state index contributed by atoms with van der Waals surface area (Å²) in [4.78, 5) is 8.53. The second kappa shape index (κ2) is 4.30. The largest absolute Gasteiger partial charge is 0.508 e. The molecule has 0 bridgehead atoms. The fraction of sp³-hybridized carbons (Fsp3) is 0. The fourth-order valence-corrected chi connectivity index (χ4v) is 2.05. The Morgan fingerprint density at radius 1 is 1.17 bits per heavy atom. The summed E-state index contributed by atoms with van der Waals surface area (Å²) in [5.74, 6) is 0.893. The molecule has 3 aromatic rings. The standard InChI is InChI=1S/C12H9BrN4O/c13-10-7-15-12-11(14-5-6-17(10)12)16-8-1-3-9(18)4-2-8/h1-7,18H,(H,14,16). The van der Waals surface area contributed by atoms with Gasteiger partial charge in [-0.05, 0) is 40.2 Å². The SMILES string of the molecule is Oc1ccc(Nc2nccn3c(Br)cnc23)cc1. The molecule has 3 rings (SSSR count). The first-order valence-corrected chi connectivity index (χ1v) is 6.07. The van der Waals surface area contributed by atoms with Crippen molar-refractivity contribution in [2.45, 2.75) is 0 Å². The summed E-state index contributed by atoms with van der Waals surface area (Å²) in [7, 11) is 0. The molecule has 2 N–H and O–H groups in total. The van der Waals surface area contributed by atoms with E-state index >= 15 is 0 Å². The lowest BCUT2D eigenvalue weighted by atomic mass is 10.3. The molecule has 18 heavy (non-hydrogen) atoms. The Balaban J connectivity index is 2.02. The van der Waals surface area contributed by atoms with Gasteiger partial charge in [-0.25, -0.2) is 9.97 Å². The third-order valence-corrected chi connectivity index (χ3v) is 3.10. The van der Waals surface area contributed by atoms with Crippen LogP contribution >= 0.6 is 15.9 Å². The Morgan fingerprint density at radius 2 is 1.94 bits per heavy atom. The van der Waals surface area contributed by atoms with Gasteiger partial charge < -0.3 is 10.4 Å². The van der Waals surface area contributed by atoms with E-state index in [1.165, 1.54) is 0 Å². The van der Waals surface area contributed by atoms with Crippen LogP contribution in [0.4, 0.5) is 11.5 Å². The van der Waals surface area contributed by atoms with Gasteiger partial charge in [0.05, 0.1) is 6.20 Å². The second-order valence-electron chi connectivity index (χ2n) is 3.72. The van der Waals surface area contributed by atoms with Crippen LogP contribution in [-0.4, -0.2) is 19.5 Å². The first-order chi connectivity index (χ1) is 8.74. The lowest BCUT2D eigenvalue weighted by molar-refractivity contribution is 0.475. The normalized spacial score (nSPS) is 10.7. The van der Waals surface area contributed by atoms with Gasteiger partial charge in [-0.15, -0.1) is 0 Å². The Kier molecular flexibility index (Phi) is 2.64. The predicted molar refractivity (Wildman–Crippen MR) is 72.1 cm³/mol. The Morgan fingerprint density at radius 3 is 2.72 bits per heavy atom. The number of nitrogens with one attached hydrogen (secondary N) is 1. The van der Waals surface area contributed by atoms with Crippen molar-refractivity contribution in [3.63, 3.8) is 0 Å². The summed E-state index contributed by atoms with van der Waals surface area (Å²) in [6, 6.07) is 6.78. The number of hydrogen-bond acceptors (Lipinski definition) is 4. The zero-order valence-electron chi connectivity index (χ0n) is 9.21. The number of rotatable bonds is 2. The molecule has 0 amide bonds. The van der Waals surface area contributed by atoms with Gasteiger partial charge >= 0.3 is 0 Å². The van der Waals surface area contributed by atoms with Crippen LogP contribution in [-0.2, 0) is 0 Å². The van der Waals surface area contributed by atoms with Crippen LogP contribution in [0.1, 0.15) is 0 Å². The summed E-state index contributed by atoms with van der Waals surface area (Å²) < 4.78 is 2.75. The van der Waals surface area contributed by atoms with Crippen molar-refractivity contribution in [3.05, 3.63) is 47.5 Å². The highest BCUT2D eigenvalue weighted by Crippen LogP contribution is 2.22. The minimum absolute atomic E-state index is 0.232. The summed E-state index contributed by atoms with van der Waals surface area (Å²) in [5, 5.41) is 12.4. The van der Waals surface area contributed by atoms with Crippen LogP contribution < -0.4 is 5.32 Å². The quantitative estimate of drug-likeness (QED) is 0.715. The number of hydrogen-bond donors (Lipinski definition) is 2. The molecule has 2 heterocycles. The highest BCUT2D eigenvalue weighted by molar-refractivity contribution is 9.10. The monoisotopic (exact) mass is 304 g/mol. The summed E-state index contributed by atoms with van der Waals surface area (Å²) in [6.07, 6.45) is 5.25. The summed E-state index contributed by atoms with van der Waals surface area (Å²) >= 11 is 3.41. The number of fused-ring (bicyclic) bond motifs is 1. The number of nitrogens with zero attached hydrogens (tertiary/aromatic N) is 3. The van der Waals surface area contributed by atoms with Crippen LogP contribution in [0.5, 0.6) is 5.75 Å². The molecule has 6 heteroatoms. The topological polar surface area (TPSA) is 62.5 Å². The molecule has 0 saturated carbocycles. The third kappa shape index (κ3) is 1.91. The molecule has 0 aliphatic rings. The predicted octanol–water partition coefficient (Wildman–Crippen LogP) is 2.94. The number of aromatic nitrogens is 3. The minimum atomic E-state index is 0.232. The van der Waals surface area contributed by atoms with Crippen molar-refractivity contribution in [2.75, 3.05) is 5.32 Å². The van der Waals surface area contributed by atoms with Crippen LogP contribution in [0.15, 0.2) is 47.5 Å². The van der Waals surface area contributed by atoms with Gasteiger partial charge in [0.25, 0.3) is 0 Å². The van der Waals surface area contributed by atoms with Crippen LogP contribution in [0.25, 0.3) is 5.65 Å². The lowest BCUT2D eigenvalue weighted by Crippen LogP contribution is -1.97. The van der Waals surface area contributed by atoms with E-state index in [4.69, 9.17) is 0 Å². The van der Waals surface area contributed by atoms with Crippen molar-refractivity contribution in [1.29, 1.82) is 0 Å². The van der Waals surface area contributed by atoms with E-state index in [2.05, 4.69) is 31.2 Å². The number of anilines is 2. The minimum Gasteiger partial charge on any atom is -0.508 e. The van der Waals surface area contributed by atoms with E-state index in [1.54, 1.807) is 36.7 Å². The first-order valence-electron chi connectivity index (χ1n) is 5.27. The van der Waals surface area contributed by atoms with Gasteiger partial charge in [-0.2, -0.15) is 0 Å². The molecule has 0 atom stereocenters. The van der Waals surface area contributed by atoms with E-state index in [-0.39, 0.29) is 5.75 Å². The molecular weight excluding hydrogens is 296 g/mol. The molecule has 90 valence electrons. The molecule has 0 spiro atoms. The zero-order chi connectivity index (χ0) is 12.5. The molecule has 0 radical (unpaired) electrons. The molecule has 2 aromatic heterocycles. The molecule has 0 aliphatic carbocycles. The number of aromatic hydroxyl groups is 1. The molecular formula is C12H9BrN4O. The van der Waals surface area contributed by atoms with Crippen molar-refractivity contribution in [2.24, 2.45) is 0 Å². The van der Waals surface area contributed by atoms with E-state index in [9.17, 15) is 5.11 Å². The maximum Gasteiger partial charge on any atom is 0.181 e. The average Bonchev–Trinajstić information content (AvgIpc) is 2.76. The number of phenolic OH excluding ortho intramolecular Hbond substituents is 1. The highest BCUT2D eigenvalue weighted by atomic mass is 79.9. The van der Waals surface area contributed by atoms with Gasteiger partial charge in [0, 0.05) is 18.1 Å². The smallest absolute Gasteiger partial charge is 0.181 e. The molecule has 1 aromatic carbocycles. The number of imidazole rings is 1. The molecule has 5 nitrogen and oxygen atoms in total. The van der Waals surface area contributed by atoms with E-state index in [1.807, 2.05) is 10.6 Å². The molecule has 0 aliphatic heterocycles. The molecule has 0 saturated heterocycles. The van der Waals surface area contributed by atoms with Gasteiger partial charge in [0.15, 0.2) is 11.5 Å². The van der Waals surface area contributed by atoms with Gasteiger partial charge in [0.2, 0.25) is 0 Å². The maximum atomic E-state index is 9.23. The van der Waals surface area contributed by atoms with Crippen molar-refractivity contribution >= 4 is 33.1 Å². The Bertz CT molecular complexity index is 693. The summed E-state index contributed by atoms with van der Waals surface area (Å²) in [5.41, 5.74) is 1.57. The van der Waals surface area contributed by atoms with Crippen molar-refractivity contribution in [3.8, 4) is 5.75 Å². The van der Waals surface area contributed by atoms with E-state index < -0.39 is 0 Å². The van der Waals surface area contributed by atoms with Gasteiger partial charge in [0.1, 0.15) is 10.4 Å². The van der Waals surface area contributed by atoms with Crippen molar-refractivity contribution < 1.29 is 5.11 Å². The maximum absolute atomic E-state index is 9.23. The molecule has 0 unspecified atom stereocenters. The third-order valence-electron chi connectivity index (χ3n) is 2.51. The van der Waals surface area contributed by atoms with Gasteiger partial charge in [-0.1, -0.05) is 0 Å². The number of halogens is 1. The number of phenols is 1. The summed E-state index contributed by atoms with van der Waals surface area (Å²) in [6.45, 7) is 0.